The third kappa shape index (κ3) is 3.00. The Morgan fingerprint density at radius 2 is 1.89 bits per heavy atom. The number of fused-ring (bicyclic) bond motifs is 1. The number of hydrogen-bond donors (Lipinski definition) is 0. The molecule has 2 rings (SSSR count). The van der Waals surface area contributed by atoms with Gasteiger partial charge in [-0.3, -0.25) is 0 Å². The third-order valence-corrected chi connectivity index (χ3v) is 2.99. The Balaban J connectivity index is 2.17. The van der Waals surface area contributed by atoms with Crippen LogP contribution in [0, 0.1) is 0 Å². The van der Waals surface area contributed by atoms with E-state index in [4.69, 9.17) is 4.42 Å². The summed E-state index contributed by atoms with van der Waals surface area (Å²) in [6.45, 7) is 6.41. The van der Waals surface area contributed by atoms with E-state index in [1.807, 2.05) is 12.1 Å². The molecule has 4 heteroatoms. The van der Waals surface area contributed by atoms with E-state index in [9.17, 15) is 0 Å². The molecule has 2 heterocycles. The molecule has 2 aromatic rings. The van der Waals surface area contributed by atoms with Crippen LogP contribution in [0.1, 0.15) is 39.5 Å². The lowest BCUT2D eigenvalue weighted by Gasteiger charge is -2.19. The zero-order valence-corrected chi connectivity index (χ0v) is 11.2. The number of aromatic nitrogens is 2. The molecule has 0 saturated heterocycles. The van der Waals surface area contributed by atoms with Crippen LogP contribution in [0.2, 0.25) is 0 Å². The first kappa shape index (κ1) is 12.9. The molecule has 0 aliphatic rings. The van der Waals surface area contributed by atoms with Crippen LogP contribution in [0.5, 0.6) is 0 Å². The van der Waals surface area contributed by atoms with Gasteiger partial charge in [-0.25, -0.2) is 4.98 Å². The monoisotopic (exact) mass is 247 g/mol. The van der Waals surface area contributed by atoms with Crippen LogP contribution in [0.4, 0.5) is 6.01 Å². The smallest absolute Gasteiger partial charge is 0.299 e. The van der Waals surface area contributed by atoms with Gasteiger partial charge in [0.2, 0.25) is 5.65 Å². The normalized spacial score (nSPS) is 11.0. The summed E-state index contributed by atoms with van der Waals surface area (Å²) in [5, 5.41) is 0. The van der Waals surface area contributed by atoms with E-state index in [0.29, 0.717) is 11.7 Å². The topological polar surface area (TPSA) is 42.2 Å². The molecule has 0 N–H and O–H groups in total. The SMILES string of the molecule is CCCCN(CCCC)c1nc2ncccc2o1. The molecule has 0 aliphatic carbocycles. The Morgan fingerprint density at radius 3 is 2.50 bits per heavy atom. The molecule has 0 bridgehead atoms. The summed E-state index contributed by atoms with van der Waals surface area (Å²) in [6, 6.07) is 4.50. The maximum absolute atomic E-state index is 5.78. The largest absolute Gasteiger partial charge is 0.422 e. The highest BCUT2D eigenvalue weighted by molar-refractivity contribution is 5.69. The number of hydrogen-bond acceptors (Lipinski definition) is 4. The molecule has 0 amide bonds. The zero-order chi connectivity index (χ0) is 12.8. The summed E-state index contributed by atoms with van der Waals surface area (Å²) in [4.78, 5) is 10.9. The van der Waals surface area contributed by atoms with Gasteiger partial charge in [0.1, 0.15) is 0 Å². The van der Waals surface area contributed by atoms with Crippen LogP contribution < -0.4 is 4.90 Å². The van der Waals surface area contributed by atoms with Crippen LogP contribution >= 0.6 is 0 Å². The van der Waals surface area contributed by atoms with Gasteiger partial charge < -0.3 is 9.32 Å². The van der Waals surface area contributed by atoms with Crippen LogP contribution in [-0.4, -0.2) is 23.1 Å². The van der Waals surface area contributed by atoms with E-state index < -0.39 is 0 Å². The lowest BCUT2D eigenvalue weighted by atomic mass is 10.3. The lowest BCUT2D eigenvalue weighted by molar-refractivity contribution is 0.549. The van der Waals surface area contributed by atoms with Gasteiger partial charge in [0.15, 0.2) is 5.58 Å². The van der Waals surface area contributed by atoms with Crippen molar-refractivity contribution in [2.24, 2.45) is 0 Å². The molecule has 0 fully saturated rings. The van der Waals surface area contributed by atoms with Gasteiger partial charge in [0.05, 0.1) is 0 Å². The second-order valence-electron chi connectivity index (χ2n) is 4.52. The van der Waals surface area contributed by atoms with Gasteiger partial charge in [0, 0.05) is 19.3 Å². The van der Waals surface area contributed by atoms with Gasteiger partial charge in [-0.05, 0) is 25.0 Å². The first-order valence-corrected chi connectivity index (χ1v) is 6.81. The van der Waals surface area contributed by atoms with Crippen LogP contribution in [0.15, 0.2) is 22.7 Å². The summed E-state index contributed by atoms with van der Waals surface area (Å²) in [7, 11) is 0. The van der Waals surface area contributed by atoms with E-state index in [1.165, 1.54) is 12.8 Å². The Bertz CT molecular complexity index is 440. The fourth-order valence-corrected chi connectivity index (χ4v) is 1.89. The second-order valence-corrected chi connectivity index (χ2v) is 4.52. The minimum absolute atomic E-state index is 0.700. The van der Waals surface area contributed by atoms with Gasteiger partial charge in [-0.15, -0.1) is 0 Å². The number of rotatable bonds is 7. The summed E-state index contributed by atoms with van der Waals surface area (Å²) >= 11 is 0. The van der Waals surface area contributed by atoms with E-state index in [-0.39, 0.29) is 0 Å². The summed E-state index contributed by atoms with van der Waals surface area (Å²) in [6.07, 6.45) is 6.44. The molecule has 0 spiro atoms. The highest BCUT2D eigenvalue weighted by atomic mass is 16.4. The highest BCUT2D eigenvalue weighted by Gasteiger charge is 2.13. The number of pyridine rings is 1. The third-order valence-electron chi connectivity index (χ3n) is 2.99. The van der Waals surface area contributed by atoms with Crippen molar-refractivity contribution in [1.29, 1.82) is 0 Å². The van der Waals surface area contributed by atoms with Crippen molar-refractivity contribution in [3.63, 3.8) is 0 Å². The number of anilines is 1. The minimum Gasteiger partial charge on any atom is -0.422 e. The van der Waals surface area contributed by atoms with Crippen molar-refractivity contribution in [2.75, 3.05) is 18.0 Å². The van der Waals surface area contributed by atoms with E-state index in [0.717, 1.165) is 31.5 Å². The number of oxazole rings is 1. The van der Waals surface area contributed by atoms with Crippen molar-refractivity contribution in [1.82, 2.24) is 9.97 Å². The lowest BCUT2D eigenvalue weighted by Crippen LogP contribution is -2.25. The first-order valence-electron chi connectivity index (χ1n) is 6.81. The Morgan fingerprint density at radius 1 is 1.17 bits per heavy atom. The van der Waals surface area contributed by atoms with E-state index in [1.54, 1.807) is 6.20 Å². The van der Waals surface area contributed by atoms with Crippen molar-refractivity contribution in [3.05, 3.63) is 18.3 Å². The Kier molecular flexibility index (Phi) is 4.56. The quantitative estimate of drug-likeness (QED) is 0.749. The molecule has 0 saturated carbocycles. The van der Waals surface area contributed by atoms with E-state index >= 15 is 0 Å². The van der Waals surface area contributed by atoms with Crippen molar-refractivity contribution in [2.45, 2.75) is 39.5 Å². The molecular weight excluding hydrogens is 226 g/mol. The summed E-state index contributed by atoms with van der Waals surface area (Å²) < 4.78 is 5.78. The van der Waals surface area contributed by atoms with Gasteiger partial charge >= 0.3 is 0 Å². The van der Waals surface area contributed by atoms with Crippen molar-refractivity contribution < 1.29 is 4.42 Å². The average Bonchev–Trinajstić information content (AvgIpc) is 2.82. The average molecular weight is 247 g/mol. The summed E-state index contributed by atoms with van der Waals surface area (Å²) in [5.41, 5.74) is 1.47. The number of unbranched alkanes of at least 4 members (excludes halogenated alkanes) is 2. The predicted molar refractivity (Wildman–Crippen MR) is 73.8 cm³/mol. The fourth-order valence-electron chi connectivity index (χ4n) is 1.89. The molecule has 2 aromatic heterocycles. The van der Waals surface area contributed by atoms with Gasteiger partial charge in [0.25, 0.3) is 6.01 Å². The molecule has 4 nitrogen and oxygen atoms in total. The molecule has 18 heavy (non-hydrogen) atoms. The predicted octanol–water partition coefficient (Wildman–Crippen LogP) is 3.63. The Hall–Kier alpha value is -1.58. The molecule has 98 valence electrons. The molecule has 0 aromatic carbocycles. The molecule has 0 aliphatic heterocycles. The maximum Gasteiger partial charge on any atom is 0.299 e. The number of nitrogens with zero attached hydrogens (tertiary/aromatic N) is 3. The Labute approximate surface area is 108 Å². The van der Waals surface area contributed by atoms with Crippen molar-refractivity contribution >= 4 is 17.2 Å². The van der Waals surface area contributed by atoms with Crippen LogP contribution in [0.3, 0.4) is 0 Å². The molecule has 0 unspecified atom stereocenters. The minimum atomic E-state index is 0.700. The maximum atomic E-state index is 5.78. The first-order chi connectivity index (χ1) is 8.85. The fraction of sp³-hybridized carbons (Fsp3) is 0.571. The molecule has 0 radical (unpaired) electrons. The van der Waals surface area contributed by atoms with E-state index in [2.05, 4.69) is 28.7 Å². The standard InChI is InChI=1S/C14H21N3O/c1-3-5-10-17(11-6-4-2)14-16-13-12(18-14)8-7-9-15-13/h7-9H,3-6,10-11H2,1-2H3. The van der Waals surface area contributed by atoms with Crippen molar-refractivity contribution in [3.8, 4) is 0 Å². The van der Waals surface area contributed by atoms with Gasteiger partial charge in [-0.2, -0.15) is 4.98 Å². The van der Waals surface area contributed by atoms with Crippen LogP contribution in [-0.2, 0) is 0 Å². The molecular formula is C14H21N3O. The zero-order valence-electron chi connectivity index (χ0n) is 11.2. The van der Waals surface area contributed by atoms with Gasteiger partial charge in [-0.1, -0.05) is 26.7 Å². The second kappa shape index (κ2) is 6.38. The molecule has 0 atom stereocenters. The summed E-state index contributed by atoms with van der Waals surface area (Å²) in [5.74, 6) is 0. The highest BCUT2D eigenvalue weighted by Crippen LogP contribution is 2.20. The van der Waals surface area contributed by atoms with Crippen LogP contribution in [0.25, 0.3) is 11.2 Å².